The van der Waals surface area contributed by atoms with Crippen LogP contribution in [0.4, 0.5) is 0 Å². The number of hydrogen-bond donors (Lipinski definition) is 0. The van der Waals surface area contributed by atoms with E-state index in [1.54, 1.807) is 36.4 Å². The van der Waals surface area contributed by atoms with E-state index < -0.39 is 0 Å². The first kappa shape index (κ1) is 18.8. The maximum absolute atomic E-state index is 13.0. The maximum Gasteiger partial charge on any atom is 0.257 e. The highest BCUT2D eigenvalue weighted by atomic mass is 16.5. The Hall–Kier alpha value is -3.03. The Labute approximate surface area is 158 Å². The lowest BCUT2D eigenvalue weighted by Gasteiger charge is -2.32. The molecule has 27 heavy (non-hydrogen) atoms. The summed E-state index contributed by atoms with van der Waals surface area (Å²) in [5.41, 5.74) is 0.449. The standard InChI is InChI=1S/C19H23N3O5/c1-24-15-5-4-14(17(25-2)18(15)26-3)19(23)22-10-7-13(8-11-22)27-16-6-9-20-12-21-16/h4-6,9,12-13H,7-8,10-11H2,1-3H3. The van der Waals surface area contributed by atoms with E-state index in [-0.39, 0.29) is 12.0 Å². The van der Waals surface area contributed by atoms with Gasteiger partial charge in [0.2, 0.25) is 11.6 Å². The second-order valence-corrected chi connectivity index (χ2v) is 6.04. The quantitative estimate of drug-likeness (QED) is 0.767. The Morgan fingerprint density at radius 3 is 2.37 bits per heavy atom. The smallest absolute Gasteiger partial charge is 0.257 e. The minimum Gasteiger partial charge on any atom is -0.493 e. The van der Waals surface area contributed by atoms with Gasteiger partial charge in [-0.2, -0.15) is 0 Å². The molecule has 2 aromatic rings. The lowest BCUT2D eigenvalue weighted by Crippen LogP contribution is -2.42. The highest BCUT2D eigenvalue weighted by Crippen LogP contribution is 2.40. The Morgan fingerprint density at radius 2 is 1.78 bits per heavy atom. The van der Waals surface area contributed by atoms with Crippen molar-refractivity contribution in [3.05, 3.63) is 36.3 Å². The summed E-state index contributed by atoms with van der Waals surface area (Å²) in [5, 5.41) is 0. The number of benzene rings is 1. The van der Waals surface area contributed by atoms with Crippen molar-refractivity contribution in [2.45, 2.75) is 18.9 Å². The van der Waals surface area contributed by atoms with Crippen LogP contribution in [0.25, 0.3) is 0 Å². The molecule has 144 valence electrons. The topological polar surface area (TPSA) is 83.0 Å². The molecule has 0 bridgehead atoms. The van der Waals surface area contributed by atoms with Gasteiger partial charge in [0.15, 0.2) is 11.5 Å². The summed E-state index contributed by atoms with van der Waals surface area (Å²) < 4.78 is 21.9. The monoisotopic (exact) mass is 373 g/mol. The number of methoxy groups -OCH3 is 3. The van der Waals surface area contributed by atoms with Gasteiger partial charge in [0, 0.05) is 38.2 Å². The normalized spacial score (nSPS) is 14.6. The number of piperidine rings is 1. The number of amides is 1. The number of nitrogens with zero attached hydrogens (tertiary/aromatic N) is 3. The predicted molar refractivity (Wildman–Crippen MR) is 97.7 cm³/mol. The molecule has 1 aromatic heterocycles. The summed E-state index contributed by atoms with van der Waals surface area (Å²) in [6.07, 6.45) is 4.58. The van der Waals surface area contributed by atoms with E-state index in [4.69, 9.17) is 18.9 Å². The van der Waals surface area contributed by atoms with E-state index in [0.29, 0.717) is 41.8 Å². The summed E-state index contributed by atoms with van der Waals surface area (Å²) in [6, 6.07) is 5.14. The molecule has 1 aliphatic heterocycles. The highest BCUT2D eigenvalue weighted by Gasteiger charge is 2.28. The number of carbonyl (C=O) groups excluding carboxylic acids is 1. The average Bonchev–Trinajstić information content (AvgIpc) is 2.73. The van der Waals surface area contributed by atoms with Crippen molar-refractivity contribution in [3.8, 4) is 23.1 Å². The largest absolute Gasteiger partial charge is 0.493 e. The summed E-state index contributed by atoms with van der Waals surface area (Å²) in [5.74, 6) is 1.75. The highest BCUT2D eigenvalue weighted by molar-refractivity contribution is 5.98. The Kier molecular flexibility index (Phi) is 5.95. The van der Waals surface area contributed by atoms with Crippen LogP contribution >= 0.6 is 0 Å². The van der Waals surface area contributed by atoms with E-state index in [2.05, 4.69) is 9.97 Å². The van der Waals surface area contributed by atoms with Crippen LogP contribution in [-0.2, 0) is 0 Å². The molecule has 1 saturated heterocycles. The fourth-order valence-electron chi connectivity index (χ4n) is 3.14. The Morgan fingerprint density at radius 1 is 1.04 bits per heavy atom. The Balaban J connectivity index is 1.69. The minimum absolute atomic E-state index is 0.0243. The van der Waals surface area contributed by atoms with E-state index in [9.17, 15) is 4.79 Å². The van der Waals surface area contributed by atoms with E-state index in [0.717, 1.165) is 12.8 Å². The minimum atomic E-state index is -0.103. The first-order chi connectivity index (χ1) is 13.2. The first-order valence-electron chi connectivity index (χ1n) is 8.68. The molecule has 0 saturated carbocycles. The van der Waals surface area contributed by atoms with Crippen molar-refractivity contribution < 1.29 is 23.7 Å². The molecule has 0 aliphatic carbocycles. The van der Waals surface area contributed by atoms with Crippen molar-refractivity contribution in [3.63, 3.8) is 0 Å². The summed E-state index contributed by atoms with van der Waals surface area (Å²) >= 11 is 0. The van der Waals surface area contributed by atoms with Crippen LogP contribution in [0, 0.1) is 0 Å². The van der Waals surface area contributed by atoms with Crippen molar-refractivity contribution >= 4 is 5.91 Å². The van der Waals surface area contributed by atoms with Crippen molar-refractivity contribution in [1.29, 1.82) is 0 Å². The molecule has 0 unspecified atom stereocenters. The second-order valence-electron chi connectivity index (χ2n) is 6.04. The zero-order chi connectivity index (χ0) is 19.2. The fourth-order valence-corrected chi connectivity index (χ4v) is 3.14. The van der Waals surface area contributed by atoms with Gasteiger partial charge >= 0.3 is 0 Å². The number of carbonyl (C=O) groups is 1. The molecule has 1 aromatic carbocycles. The van der Waals surface area contributed by atoms with Gasteiger partial charge in [0.1, 0.15) is 12.4 Å². The third-order valence-electron chi connectivity index (χ3n) is 4.51. The SMILES string of the molecule is COc1ccc(C(=O)N2CCC(Oc3ccncn3)CC2)c(OC)c1OC. The third kappa shape index (κ3) is 4.05. The third-order valence-corrected chi connectivity index (χ3v) is 4.51. The summed E-state index contributed by atoms with van der Waals surface area (Å²) in [6.45, 7) is 1.18. The number of hydrogen-bond acceptors (Lipinski definition) is 7. The molecule has 1 fully saturated rings. The average molecular weight is 373 g/mol. The number of rotatable bonds is 6. The molecule has 2 heterocycles. The second kappa shape index (κ2) is 8.57. The summed E-state index contributed by atoms with van der Waals surface area (Å²) in [4.78, 5) is 22.7. The van der Waals surface area contributed by atoms with E-state index in [1.165, 1.54) is 20.5 Å². The van der Waals surface area contributed by atoms with Crippen LogP contribution < -0.4 is 18.9 Å². The fraction of sp³-hybridized carbons (Fsp3) is 0.421. The maximum atomic E-state index is 13.0. The molecule has 8 heteroatoms. The van der Waals surface area contributed by atoms with Gasteiger partial charge < -0.3 is 23.8 Å². The van der Waals surface area contributed by atoms with Crippen LogP contribution in [0.3, 0.4) is 0 Å². The Bertz CT molecular complexity index is 776. The summed E-state index contributed by atoms with van der Waals surface area (Å²) in [7, 11) is 4.57. The van der Waals surface area contributed by atoms with Gasteiger partial charge in [-0.05, 0) is 12.1 Å². The van der Waals surface area contributed by atoms with E-state index >= 15 is 0 Å². The van der Waals surface area contributed by atoms with Crippen molar-refractivity contribution in [2.75, 3.05) is 34.4 Å². The lowest BCUT2D eigenvalue weighted by molar-refractivity contribution is 0.0584. The molecule has 0 radical (unpaired) electrons. The lowest BCUT2D eigenvalue weighted by atomic mass is 10.1. The van der Waals surface area contributed by atoms with Crippen LogP contribution in [-0.4, -0.2) is 61.3 Å². The van der Waals surface area contributed by atoms with Gasteiger partial charge in [-0.3, -0.25) is 4.79 Å². The van der Waals surface area contributed by atoms with Gasteiger partial charge in [0.25, 0.3) is 5.91 Å². The van der Waals surface area contributed by atoms with Crippen LogP contribution in [0.5, 0.6) is 23.1 Å². The molecule has 8 nitrogen and oxygen atoms in total. The number of ether oxygens (including phenoxy) is 4. The zero-order valence-electron chi connectivity index (χ0n) is 15.7. The number of likely N-dealkylation sites (tertiary alicyclic amines) is 1. The molecule has 0 N–H and O–H groups in total. The molecule has 0 atom stereocenters. The van der Waals surface area contributed by atoms with Gasteiger partial charge in [0.05, 0.1) is 26.9 Å². The first-order valence-corrected chi connectivity index (χ1v) is 8.68. The molecular formula is C19H23N3O5. The predicted octanol–water partition coefficient (Wildman–Crippen LogP) is 2.19. The molecule has 1 aliphatic rings. The number of aromatic nitrogens is 2. The van der Waals surface area contributed by atoms with Crippen molar-refractivity contribution in [2.24, 2.45) is 0 Å². The van der Waals surface area contributed by atoms with Gasteiger partial charge in [-0.1, -0.05) is 0 Å². The van der Waals surface area contributed by atoms with Gasteiger partial charge in [-0.25, -0.2) is 9.97 Å². The van der Waals surface area contributed by atoms with Crippen LogP contribution in [0.1, 0.15) is 23.2 Å². The van der Waals surface area contributed by atoms with Crippen molar-refractivity contribution in [1.82, 2.24) is 14.9 Å². The molecule has 0 spiro atoms. The van der Waals surface area contributed by atoms with Crippen LogP contribution in [0.15, 0.2) is 30.7 Å². The van der Waals surface area contributed by atoms with Gasteiger partial charge in [-0.15, -0.1) is 0 Å². The van der Waals surface area contributed by atoms with E-state index in [1.807, 2.05) is 0 Å². The molecule has 1 amide bonds. The molecule has 3 rings (SSSR count). The van der Waals surface area contributed by atoms with Crippen LogP contribution in [0.2, 0.25) is 0 Å². The molecular weight excluding hydrogens is 350 g/mol. The zero-order valence-corrected chi connectivity index (χ0v) is 15.7.